The smallest absolute Gasteiger partial charge is 0.315 e. The van der Waals surface area contributed by atoms with Gasteiger partial charge in [0, 0.05) is 11.3 Å². The highest BCUT2D eigenvalue weighted by molar-refractivity contribution is 8.00. The Hall–Kier alpha value is -0.220. The number of thioether (sulfide) groups is 1. The van der Waals surface area contributed by atoms with E-state index in [1.54, 1.807) is 11.8 Å². The molecule has 0 aromatic rings. The Labute approximate surface area is 103 Å². The van der Waals surface area contributed by atoms with E-state index in [2.05, 4.69) is 5.32 Å². The van der Waals surface area contributed by atoms with Crippen LogP contribution in [0.4, 0.5) is 0 Å². The lowest BCUT2D eigenvalue weighted by atomic mass is 10.1. The van der Waals surface area contributed by atoms with E-state index in [9.17, 15) is 4.79 Å². The predicted octanol–water partition coefficient (Wildman–Crippen LogP) is 2.20. The molecular weight excluding hydrogens is 222 g/mol. The van der Waals surface area contributed by atoms with Crippen LogP contribution in [0.3, 0.4) is 0 Å². The molecule has 94 valence electrons. The van der Waals surface area contributed by atoms with Gasteiger partial charge < -0.3 is 10.1 Å². The molecule has 0 radical (unpaired) electrons. The average molecular weight is 245 g/mol. The lowest BCUT2D eigenvalue weighted by molar-refractivity contribution is -0.139. The summed E-state index contributed by atoms with van der Waals surface area (Å²) in [5, 5.41) is 3.94. The Morgan fingerprint density at radius 1 is 1.38 bits per heavy atom. The predicted molar refractivity (Wildman–Crippen MR) is 68.8 cm³/mol. The van der Waals surface area contributed by atoms with Crippen LogP contribution in [0, 0.1) is 0 Å². The van der Waals surface area contributed by atoms with E-state index in [1.165, 1.54) is 32.1 Å². The lowest BCUT2D eigenvalue weighted by Crippen LogP contribution is -2.35. The van der Waals surface area contributed by atoms with Gasteiger partial charge in [0.1, 0.15) is 0 Å². The van der Waals surface area contributed by atoms with Crippen molar-refractivity contribution in [1.82, 2.24) is 5.32 Å². The zero-order valence-electron chi connectivity index (χ0n) is 10.3. The molecule has 0 spiro atoms. The third-order valence-electron chi connectivity index (χ3n) is 3.04. The molecular formula is C12H23NO2S. The fourth-order valence-corrected chi connectivity index (χ4v) is 3.45. The molecule has 4 heteroatoms. The van der Waals surface area contributed by atoms with Gasteiger partial charge in [0.15, 0.2) is 0 Å². The Bertz CT molecular complexity index is 211. The Morgan fingerprint density at radius 3 is 2.81 bits per heavy atom. The number of esters is 1. The lowest BCUT2D eigenvalue weighted by Gasteiger charge is -2.23. The summed E-state index contributed by atoms with van der Waals surface area (Å²) in [6.45, 7) is 2.34. The molecule has 1 aliphatic rings. The van der Waals surface area contributed by atoms with Crippen LogP contribution < -0.4 is 5.32 Å². The van der Waals surface area contributed by atoms with E-state index in [4.69, 9.17) is 4.74 Å². The number of ether oxygens (including phenoxy) is 1. The summed E-state index contributed by atoms with van der Waals surface area (Å²) in [5.74, 6) is 0.419. The van der Waals surface area contributed by atoms with Crippen LogP contribution in [0.15, 0.2) is 0 Å². The van der Waals surface area contributed by atoms with Crippen molar-refractivity contribution in [2.75, 3.05) is 19.4 Å². The first-order valence-corrected chi connectivity index (χ1v) is 7.27. The molecule has 0 saturated heterocycles. The van der Waals surface area contributed by atoms with Crippen LogP contribution in [0.5, 0.6) is 0 Å². The minimum absolute atomic E-state index is 0.0772. The molecule has 0 aromatic carbocycles. The average Bonchev–Trinajstić information content (AvgIpc) is 2.51. The summed E-state index contributed by atoms with van der Waals surface area (Å²) < 4.78 is 4.95. The third-order valence-corrected chi connectivity index (χ3v) is 4.44. The largest absolute Gasteiger partial charge is 0.465 e. The molecule has 1 saturated carbocycles. The van der Waals surface area contributed by atoms with Crippen molar-refractivity contribution in [1.29, 1.82) is 0 Å². The minimum Gasteiger partial charge on any atom is -0.465 e. The molecule has 1 fully saturated rings. The fraction of sp³-hybridized carbons (Fsp3) is 0.917. The van der Waals surface area contributed by atoms with E-state index in [0.717, 1.165) is 0 Å². The van der Waals surface area contributed by atoms with E-state index in [-0.39, 0.29) is 5.97 Å². The molecule has 0 bridgehead atoms. The van der Waals surface area contributed by atoms with Crippen molar-refractivity contribution in [2.24, 2.45) is 0 Å². The maximum absolute atomic E-state index is 11.3. The Balaban J connectivity index is 2.33. The van der Waals surface area contributed by atoms with Gasteiger partial charge in [-0.25, -0.2) is 0 Å². The van der Waals surface area contributed by atoms with E-state index >= 15 is 0 Å². The van der Waals surface area contributed by atoms with Gasteiger partial charge in [0.25, 0.3) is 0 Å². The maximum Gasteiger partial charge on any atom is 0.315 e. The second kappa shape index (κ2) is 7.96. The van der Waals surface area contributed by atoms with Crippen molar-refractivity contribution >= 4 is 17.7 Å². The quantitative estimate of drug-likeness (QED) is 0.595. The van der Waals surface area contributed by atoms with Crippen molar-refractivity contribution in [3.05, 3.63) is 0 Å². The summed E-state index contributed by atoms with van der Waals surface area (Å²) in [6.07, 6.45) is 6.38. The molecule has 2 atom stereocenters. The van der Waals surface area contributed by atoms with Gasteiger partial charge in [0.05, 0.1) is 12.4 Å². The first kappa shape index (κ1) is 13.8. The monoisotopic (exact) mass is 245 g/mol. The first-order chi connectivity index (χ1) is 7.77. The Kier molecular flexibility index (Phi) is 6.88. The molecule has 1 rings (SSSR count). The van der Waals surface area contributed by atoms with E-state index in [1.807, 2.05) is 14.0 Å². The number of rotatable bonds is 5. The van der Waals surface area contributed by atoms with Crippen molar-refractivity contribution < 1.29 is 9.53 Å². The summed E-state index contributed by atoms with van der Waals surface area (Å²) >= 11 is 1.75. The fourth-order valence-electron chi connectivity index (χ4n) is 2.18. The highest BCUT2D eigenvalue weighted by Gasteiger charge is 2.23. The van der Waals surface area contributed by atoms with Gasteiger partial charge in [-0.3, -0.25) is 4.79 Å². The Morgan fingerprint density at radius 2 is 2.12 bits per heavy atom. The van der Waals surface area contributed by atoms with Gasteiger partial charge in [-0.05, 0) is 26.8 Å². The summed E-state index contributed by atoms with van der Waals surface area (Å²) in [7, 11) is 2.02. The van der Waals surface area contributed by atoms with Crippen LogP contribution in [0.2, 0.25) is 0 Å². The molecule has 3 nitrogen and oxygen atoms in total. The molecule has 2 unspecified atom stereocenters. The molecule has 0 aromatic heterocycles. The molecule has 0 aliphatic heterocycles. The van der Waals surface area contributed by atoms with E-state index in [0.29, 0.717) is 23.7 Å². The van der Waals surface area contributed by atoms with Gasteiger partial charge >= 0.3 is 5.97 Å². The number of hydrogen-bond acceptors (Lipinski definition) is 4. The highest BCUT2D eigenvalue weighted by Crippen LogP contribution is 2.27. The van der Waals surface area contributed by atoms with Crippen LogP contribution >= 0.6 is 11.8 Å². The maximum atomic E-state index is 11.3. The van der Waals surface area contributed by atoms with E-state index < -0.39 is 0 Å². The molecule has 16 heavy (non-hydrogen) atoms. The molecule has 0 heterocycles. The molecule has 1 N–H and O–H groups in total. The van der Waals surface area contributed by atoms with Gasteiger partial charge in [-0.15, -0.1) is 11.8 Å². The summed E-state index contributed by atoms with van der Waals surface area (Å²) in [6, 6.07) is 0.557. The van der Waals surface area contributed by atoms with Crippen molar-refractivity contribution in [3.8, 4) is 0 Å². The van der Waals surface area contributed by atoms with Gasteiger partial charge in [-0.1, -0.05) is 19.3 Å². The van der Waals surface area contributed by atoms with Crippen LogP contribution in [-0.2, 0) is 9.53 Å². The molecule has 1 aliphatic carbocycles. The van der Waals surface area contributed by atoms with Gasteiger partial charge in [-0.2, -0.15) is 0 Å². The van der Waals surface area contributed by atoms with Gasteiger partial charge in [0.2, 0.25) is 0 Å². The number of carbonyl (C=O) groups is 1. The van der Waals surface area contributed by atoms with Crippen molar-refractivity contribution in [2.45, 2.75) is 50.3 Å². The minimum atomic E-state index is -0.0772. The van der Waals surface area contributed by atoms with Crippen LogP contribution in [0.1, 0.15) is 39.0 Å². The highest BCUT2D eigenvalue weighted by atomic mass is 32.2. The zero-order valence-corrected chi connectivity index (χ0v) is 11.1. The summed E-state index contributed by atoms with van der Waals surface area (Å²) in [4.78, 5) is 11.3. The standard InChI is InChI=1S/C12H23NO2S/c1-3-15-12(14)9-16-11-8-6-4-5-7-10(11)13-2/h10-11,13H,3-9H2,1-2H3. The van der Waals surface area contributed by atoms with Crippen LogP contribution in [-0.4, -0.2) is 36.7 Å². The number of hydrogen-bond donors (Lipinski definition) is 1. The third kappa shape index (κ3) is 4.74. The SMILES string of the molecule is CCOC(=O)CSC1CCCCCC1NC. The molecule has 0 amide bonds. The summed E-state index contributed by atoms with van der Waals surface area (Å²) in [5.41, 5.74) is 0. The zero-order chi connectivity index (χ0) is 11.8. The number of carbonyl (C=O) groups excluding carboxylic acids is 1. The normalized spacial score (nSPS) is 26.1. The van der Waals surface area contributed by atoms with Crippen LogP contribution in [0.25, 0.3) is 0 Å². The van der Waals surface area contributed by atoms with Crippen molar-refractivity contribution in [3.63, 3.8) is 0 Å². The second-order valence-corrected chi connectivity index (χ2v) is 5.42. The first-order valence-electron chi connectivity index (χ1n) is 6.22. The number of nitrogens with one attached hydrogen (secondary N) is 1. The second-order valence-electron chi connectivity index (χ2n) is 4.19. The topological polar surface area (TPSA) is 38.3 Å².